The van der Waals surface area contributed by atoms with Gasteiger partial charge in [-0.05, 0) is 17.7 Å². The van der Waals surface area contributed by atoms with E-state index in [1.54, 1.807) is 11.3 Å². The number of benzene rings is 1. The Morgan fingerprint density at radius 1 is 1.06 bits per heavy atom. The van der Waals surface area contributed by atoms with E-state index in [2.05, 4.69) is 54.3 Å². The molecule has 0 spiro atoms. The van der Waals surface area contributed by atoms with Gasteiger partial charge in [0.1, 0.15) is 0 Å². The minimum Gasteiger partial charge on any atom is -0.320 e. The second kappa shape index (κ2) is 7.27. The van der Waals surface area contributed by atoms with Gasteiger partial charge in [-0.3, -0.25) is 0 Å². The van der Waals surface area contributed by atoms with Crippen LogP contribution in [0, 0.1) is 11.8 Å². The first-order valence-corrected chi connectivity index (χ1v) is 7.75. The summed E-state index contributed by atoms with van der Waals surface area (Å²) in [6.07, 6.45) is 0. The summed E-state index contributed by atoms with van der Waals surface area (Å²) in [5.41, 5.74) is 6.73. The summed E-state index contributed by atoms with van der Waals surface area (Å²) in [6.45, 7) is 0.427. The van der Waals surface area contributed by atoms with Gasteiger partial charge in [0.2, 0.25) is 0 Å². The first-order chi connectivity index (χ1) is 8.88. The third-order valence-corrected chi connectivity index (χ3v) is 4.57. The van der Waals surface area contributed by atoms with E-state index in [-0.39, 0.29) is 0 Å². The molecule has 0 unspecified atom stereocenters. The van der Waals surface area contributed by atoms with Crippen LogP contribution in [0.2, 0.25) is 0 Å². The highest BCUT2D eigenvalue weighted by Crippen LogP contribution is 2.23. The molecule has 1 aromatic carbocycles. The van der Waals surface area contributed by atoms with Crippen LogP contribution in [-0.4, -0.2) is 6.54 Å². The maximum absolute atomic E-state index is 5.35. The molecule has 0 aliphatic heterocycles. The second-order valence-electron chi connectivity index (χ2n) is 3.75. The highest BCUT2D eigenvalue weighted by molar-refractivity contribution is 7.97. The number of thioether (sulfide) groups is 1. The molecule has 1 aromatic heterocycles. The summed E-state index contributed by atoms with van der Waals surface area (Å²) in [4.78, 5) is 2.48. The molecule has 0 atom stereocenters. The molecule has 0 saturated carbocycles. The van der Waals surface area contributed by atoms with Crippen molar-refractivity contribution in [3.05, 3.63) is 57.8 Å². The van der Waals surface area contributed by atoms with Gasteiger partial charge < -0.3 is 5.73 Å². The van der Waals surface area contributed by atoms with E-state index in [4.69, 9.17) is 5.73 Å². The molecule has 1 heterocycles. The Labute approximate surface area is 116 Å². The minimum atomic E-state index is 0.427. The summed E-state index contributed by atoms with van der Waals surface area (Å²) in [7, 11) is 0. The Kier molecular flexibility index (Phi) is 5.35. The van der Waals surface area contributed by atoms with E-state index in [1.165, 1.54) is 10.4 Å². The van der Waals surface area contributed by atoms with Crippen molar-refractivity contribution < 1.29 is 0 Å². The van der Waals surface area contributed by atoms with E-state index >= 15 is 0 Å². The van der Waals surface area contributed by atoms with E-state index in [1.807, 2.05) is 11.8 Å². The van der Waals surface area contributed by atoms with Crippen LogP contribution in [0.15, 0.2) is 42.5 Å². The first-order valence-electron chi connectivity index (χ1n) is 5.78. The highest BCUT2D eigenvalue weighted by Gasteiger charge is 1.99. The standard InChI is InChI=1S/C15H15NS2/c16-10-4-7-14-8-9-15(18-14)12-17-11-13-5-2-1-3-6-13/h1-3,5-6,8-9H,10-12,16H2. The fraction of sp³-hybridized carbons (Fsp3) is 0.200. The number of thiophene rings is 1. The third kappa shape index (κ3) is 4.23. The molecule has 2 N–H and O–H groups in total. The lowest BCUT2D eigenvalue weighted by Gasteiger charge is -1.99. The molecule has 92 valence electrons. The maximum Gasteiger partial charge on any atom is 0.0772 e. The van der Waals surface area contributed by atoms with Gasteiger partial charge in [0.05, 0.1) is 11.4 Å². The third-order valence-electron chi connectivity index (χ3n) is 2.33. The fourth-order valence-electron chi connectivity index (χ4n) is 1.50. The number of rotatable bonds is 4. The lowest BCUT2D eigenvalue weighted by atomic mass is 10.2. The van der Waals surface area contributed by atoms with Crippen LogP contribution in [0.25, 0.3) is 0 Å². The number of hydrogen-bond donors (Lipinski definition) is 1. The van der Waals surface area contributed by atoms with E-state index in [0.717, 1.165) is 16.4 Å². The summed E-state index contributed by atoms with van der Waals surface area (Å²) < 4.78 is 0. The van der Waals surface area contributed by atoms with Crippen molar-refractivity contribution in [2.24, 2.45) is 5.73 Å². The smallest absolute Gasteiger partial charge is 0.0772 e. The summed E-state index contributed by atoms with van der Waals surface area (Å²) in [5, 5.41) is 0. The van der Waals surface area contributed by atoms with Crippen molar-refractivity contribution in [2.45, 2.75) is 11.5 Å². The average molecular weight is 273 g/mol. The molecule has 0 bridgehead atoms. The van der Waals surface area contributed by atoms with Crippen LogP contribution in [-0.2, 0) is 11.5 Å². The topological polar surface area (TPSA) is 26.0 Å². The normalized spacial score (nSPS) is 9.83. The van der Waals surface area contributed by atoms with E-state index < -0.39 is 0 Å². The van der Waals surface area contributed by atoms with Gasteiger partial charge in [0, 0.05) is 16.4 Å². The fourth-order valence-corrected chi connectivity index (χ4v) is 3.50. The highest BCUT2D eigenvalue weighted by atomic mass is 32.2. The molecular weight excluding hydrogens is 258 g/mol. The molecule has 0 saturated heterocycles. The van der Waals surface area contributed by atoms with Crippen molar-refractivity contribution in [3.63, 3.8) is 0 Å². The van der Waals surface area contributed by atoms with Gasteiger partial charge in [-0.1, -0.05) is 42.2 Å². The van der Waals surface area contributed by atoms with Crippen molar-refractivity contribution >= 4 is 23.1 Å². The van der Waals surface area contributed by atoms with Gasteiger partial charge in [-0.15, -0.1) is 11.3 Å². The second-order valence-corrected chi connectivity index (χ2v) is 5.90. The Balaban J connectivity index is 1.82. The van der Waals surface area contributed by atoms with Crippen LogP contribution in [0.3, 0.4) is 0 Å². The van der Waals surface area contributed by atoms with Crippen molar-refractivity contribution in [2.75, 3.05) is 6.54 Å². The van der Waals surface area contributed by atoms with Crippen LogP contribution >= 0.6 is 23.1 Å². The lowest BCUT2D eigenvalue weighted by molar-refractivity contribution is 1.30. The average Bonchev–Trinajstić information content (AvgIpc) is 2.85. The van der Waals surface area contributed by atoms with Gasteiger partial charge in [0.15, 0.2) is 0 Å². The largest absolute Gasteiger partial charge is 0.320 e. The van der Waals surface area contributed by atoms with Gasteiger partial charge in [-0.25, -0.2) is 0 Å². The number of hydrogen-bond acceptors (Lipinski definition) is 3. The molecule has 2 rings (SSSR count). The molecular formula is C15H15NS2. The molecule has 0 amide bonds. The molecule has 0 fully saturated rings. The molecule has 3 heteroatoms. The quantitative estimate of drug-likeness (QED) is 0.863. The molecule has 2 aromatic rings. The Hall–Kier alpha value is -1.21. The van der Waals surface area contributed by atoms with Crippen LogP contribution in [0.5, 0.6) is 0 Å². The van der Waals surface area contributed by atoms with Crippen LogP contribution < -0.4 is 5.73 Å². The predicted octanol–water partition coefficient (Wildman–Crippen LogP) is 3.49. The molecule has 0 aliphatic rings. The molecule has 1 nitrogen and oxygen atoms in total. The zero-order valence-electron chi connectivity index (χ0n) is 10.1. The van der Waals surface area contributed by atoms with Gasteiger partial charge >= 0.3 is 0 Å². The van der Waals surface area contributed by atoms with Gasteiger partial charge in [-0.2, -0.15) is 11.8 Å². The first kappa shape index (κ1) is 13.2. The summed E-state index contributed by atoms with van der Waals surface area (Å²) in [5.74, 6) is 8.05. The Morgan fingerprint density at radius 2 is 1.89 bits per heavy atom. The molecule has 18 heavy (non-hydrogen) atoms. The minimum absolute atomic E-state index is 0.427. The Morgan fingerprint density at radius 3 is 2.67 bits per heavy atom. The van der Waals surface area contributed by atoms with Crippen molar-refractivity contribution in [1.29, 1.82) is 0 Å². The Bertz CT molecular complexity index is 534. The van der Waals surface area contributed by atoms with E-state index in [0.29, 0.717) is 6.54 Å². The zero-order valence-corrected chi connectivity index (χ0v) is 11.7. The molecule has 0 radical (unpaired) electrons. The maximum atomic E-state index is 5.35. The lowest BCUT2D eigenvalue weighted by Crippen LogP contribution is -1.92. The zero-order chi connectivity index (χ0) is 12.6. The monoisotopic (exact) mass is 273 g/mol. The van der Waals surface area contributed by atoms with Crippen molar-refractivity contribution in [3.8, 4) is 11.8 Å². The molecule has 0 aliphatic carbocycles. The van der Waals surface area contributed by atoms with Crippen molar-refractivity contribution in [1.82, 2.24) is 0 Å². The number of nitrogens with two attached hydrogens (primary N) is 1. The van der Waals surface area contributed by atoms with Crippen LogP contribution in [0.4, 0.5) is 0 Å². The predicted molar refractivity (Wildman–Crippen MR) is 81.7 cm³/mol. The summed E-state index contributed by atoms with van der Waals surface area (Å²) >= 11 is 3.69. The van der Waals surface area contributed by atoms with E-state index in [9.17, 15) is 0 Å². The van der Waals surface area contributed by atoms with Crippen LogP contribution in [0.1, 0.15) is 15.3 Å². The van der Waals surface area contributed by atoms with Gasteiger partial charge in [0.25, 0.3) is 0 Å². The summed E-state index contributed by atoms with van der Waals surface area (Å²) in [6, 6.07) is 14.8. The SMILES string of the molecule is NCC#Cc1ccc(CSCc2ccccc2)s1.